The SMILES string of the molecule is COc1cc(/C=C/C(=O)NC(CO)CC2CCCC2)cc(OC)c1OC. The van der Waals surface area contributed by atoms with E-state index in [0.717, 1.165) is 12.0 Å². The topological polar surface area (TPSA) is 77.0 Å². The number of carbonyl (C=O) groups is 1. The van der Waals surface area contributed by atoms with Gasteiger partial charge in [0.2, 0.25) is 11.7 Å². The number of carbonyl (C=O) groups excluding carboxylic acids is 1. The molecule has 2 N–H and O–H groups in total. The molecule has 26 heavy (non-hydrogen) atoms. The van der Waals surface area contributed by atoms with Crippen molar-refractivity contribution >= 4 is 12.0 Å². The van der Waals surface area contributed by atoms with E-state index in [1.807, 2.05) is 0 Å². The minimum absolute atomic E-state index is 0.0414. The van der Waals surface area contributed by atoms with Gasteiger partial charge in [0.1, 0.15) is 0 Å². The van der Waals surface area contributed by atoms with E-state index >= 15 is 0 Å². The van der Waals surface area contributed by atoms with E-state index in [1.54, 1.807) is 39.5 Å². The molecule has 0 heterocycles. The van der Waals surface area contributed by atoms with Crippen LogP contribution in [-0.2, 0) is 4.79 Å². The van der Waals surface area contributed by atoms with E-state index in [2.05, 4.69) is 5.32 Å². The Morgan fingerprint density at radius 3 is 2.31 bits per heavy atom. The minimum Gasteiger partial charge on any atom is -0.493 e. The molecule has 0 saturated heterocycles. The zero-order valence-corrected chi connectivity index (χ0v) is 15.8. The zero-order valence-electron chi connectivity index (χ0n) is 15.8. The highest BCUT2D eigenvalue weighted by atomic mass is 16.5. The molecule has 0 bridgehead atoms. The summed E-state index contributed by atoms with van der Waals surface area (Å²) in [4.78, 5) is 12.2. The number of ether oxygens (including phenoxy) is 3. The summed E-state index contributed by atoms with van der Waals surface area (Å²) in [5.74, 6) is 1.94. The normalized spacial score (nSPS) is 15.8. The van der Waals surface area contributed by atoms with Crippen LogP contribution in [0.4, 0.5) is 0 Å². The molecule has 1 aromatic rings. The van der Waals surface area contributed by atoms with Gasteiger partial charge in [-0.2, -0.15) is 0 Å². The largest absolute Gasteiger partial charge is 0.493 e. The van der Waals surface area contributed by atoms with Gasteiger partial charge in [0.05, 0.1) is 34.0 Å². The summed E-state index contributed by atoms with van der Waals surface area (Å²) >= 11 is 0. The van der Waals surface area contributed by atoms with Crippen molar-refractivity contribution in [2.24, 2.45) is 5.92 Å². The molecule has 144 valence electrons. The van der Waals surface area contributed by atoms with Crippen molar-refractivity contribution in [2.45, 2.75) is 38.1 Å². The van der Waals surface area contributed by atoms with Crippen LogP contribution in [0.15, 0.2) is 18.2 Å². The fourth-order valence-electron chi connectivity index (χ4n) is 3.45. The molecule has 0 radical (unpaired) electrons. The fourth-order valence-corrected chi connectivity index (χ4v) is 3.45. The molecular weight excluding hydrogens is 334 g/mol. The number of methoxy groups -OCH3 is 3. The van der Waals surface area contributed by atoms with Crippen LogP contribution in [0.3, 0.4) is 0 Å². The van der Waals surface area contributed by atoms with Crippen molar-refractivity contribution in [3.63, 3.8) is 0 Å². The summed E-state index contributed by atoms with van der Waals surface area (Å²) in [6.07, 6.45) is 8.85. The Kier molecular flexibility index (Phi) is 7.78. The highest BCUT2D eigenvalue weighted by molar-refractivity contribution is 5.92. The van der Waals surface area contributed by atoms with Gasteiger partial charge in [-0.25, -0.2) is 0 Å². The third-order valence-corrected chi connectivity index (χ3v) is 4.77. The van der Waals surface area contributed by atoms with Gasteiger partial charge < -0.3 is 24.6 Å². The van der Waals surface area contributed by atoms with Gasteiger partial charge in [0, 0.05) is 6.08 Å². The third-order valence-electron chi connectivity index (χ3n) is 4.77. The van der Waals surface area contributed by atoms with Crippen LogP contribution in [-0.4, -0.2) is 45.0 Å². The fraction of sp³-hybridized carbons (Fsp3) is 0.550. The lowest BCUT2D eigenvalue weighted by molar-refractivity contribution is -0.117. The lowest BCUT2D eigenvalue weighted by Gasteiger charge is -2.19. The molecule has 2 rings (SSSR count). The Hall–Kier alpha value is -2.21. The maximum atomic E-state index is 12.2. The number of hydrogen-bond donors (Lipinski definition) is 2. The first-order chi connectivity index (χ1) is 12.6. The number of aliphatic hydroxyl groups is 1. The molecule has 0 aliphatic heterocycles. The molecule has 1 aliphatic carbocycles. The van der Waals surface area contributed by atoms with E-state index in [1.165, 1.54) is 31.8 Å². The molecular formula is C20H29NO5. The summed E-state index contributed by atoms with van der Waals surface area (Å²) in [7, 11) is 4.64. The zero-order chi connectivity index (χ0) is 18.9. The van der Waals surface area contributed by atoms with Crippen molar-refractivity contribution in [3.05, 3.63) is 23.8 Å². The van der Waals surface area contributed by atoms with Crippen molar-refractivity contribution in [3.8, 4) is 17.2 Å². The predicted molar refractivity (Wildman–Crippen MR) is 101 cm³/mol. The van der Waals surface area contributed by atoms with E-state index in [-0.39, 0.29) is 18.6 Å². The summed E-state index contributed by atoms with van der Waals surface area (Å²) in [5.41, 5.74) is 0.756. The molecule has 6 heteroatoms. The first kappa shape index (κ1) is 20.1. The first-order valence-electron chi connectivity index (χ1n) is 9.00. The maximum absolute atomic E-state index is 12.2. The lowest BCUT2D eigenvalue weighted by Crippen LogP contribution is -2.37. The molecule has 1 unspecified atom stereocenters. The predicted octanol–water partition coefficient (Wildman–Crippen LogP) is 2.78. The lowest BCUT2D eigenvalue weighted by atomic mass is 9.99. The van der Waals surface area contributed by atoms with Crippen molar-refractivity contribution in [1.82, 2.24) is 5.32 Å². The van der Waals surface area contributed by atoms with Gasteiger partial charge in [-0.3, -0.25) is 4.79 Å². The number of nitrogens with one attached hydrogen (secondary N) is 1. The first-order valence-corrected chi connectivity index (χ1v) is 9.00. The van der Waals surface area contributed by atoms with Crippen LogP contribution in [0.1, 0.15) is 37.7 Å². The molecule has 1 atom stereocenters. The van der Waals surface area contributed by atoms with Gasteiger partial charge in [-0.05, 0) is 36.1 Å². The molecule has 1 aromatic carbocycles. The summed E-state index contributed by atoms with van der Waals surface area (Å²) in [6, 6.07) is 3.34. The van der Waals surface area contributed by atoms with Crippen molar-refractivity contribution in [2.75, 3.05) is 27.9 Å². The smallest absolute Gasteiger partial charge is 0.244 e. The van der Waals surface area contributed by atoms with Crippen molar-refractivity contribution < 1.29 is 24.1 Å². The standard InChI is InChI=1S/C20H29NO5/c1-24-17-11-15(12-18(25-2)20(17)26-3)8-9-19(23)21-16(13-22)10-14-6-4-5-7-14/h8-9,11-12,14,16,22H,4-7,10,13H2,1-3H3,(H,21,23)/b9-8+. The summed E-state index contributed by atoms with van der Waals surface area (Å²) in [5, 5.41) is 12.4. The van der Waals surface area contributed by atoms with Gasteiger partial charge in [0.25, 0.3) is 0 Å². The van der Waals surface area contributed by atoms with Crippen LogP contribution in [0, 0.1) is 5.92 Å². The van der Waals surface area contributed by atoms with Gasteiger partial charge in [-0.15, -0.1) is 0 Å². The van der Waals surface area contributed by atoms with E-state index < -0.39 is 0 Å². The van der Waals surface area contributed by atoms with Gasteiger partial charge in [-0.1, -0.05) is 25.7 Å². The average molecular weight is 363 g/mol. The Morgan fingerprint density at radius 1 is 1.19 bits per heavy atom. The van der Waals surface area contributed by atoms with E-state index in [4.69, 9.17) is 14.2 Å². The van der Waals surface area contributed by atoms with Crippen LogP contribution in [0.25, 0.3) is 6.08 Å². The molecule has 1 saturated carbocycles. The van der Waals surface area contributed by atoms with E-state index in [0.29, 0.717) is 23.2 Å². The van der Waals surface area contributed by atoms with Crippen LogP contribution < -0.4 is 19.5 Å². The van der Waals surface area contributed by atoms with Gasteiger partial charge in [0.15, 0.2) is 11.5 Å². The maximum Gasteiger partial charge on any atom is 0.244 e. The second-order valence-corrected chi connectivity index (χ2v) is 6.57. The molecule has 1 amide bonds. The van der Waals surface area contributed by atoms with Crippen LogP contribution in [0.2, 0.25) is 0 Å². The Balaban J connectivity index is 2.02. The molecule has 0 spiro atoms. The third kappa shape index (κ3) is 5.39. The minimum atomic E-state index is -0.226. The quantitative estimate of drug-likeness (QED) is 0.660. The Labute approximate surface area is 155 Å². The van der Waals surface area contributed by atoms with Crippen molar-refractivity contribution in [1.29, 1.82) is 0 Å². The van der Waals surface area contributed by atoms with Gasteiger partial charge >= 0.3 is 0 Å². The Morgan fingerprint density at radius 2 is 1.81 bits per heavy atom. The second kappa shape index (κ2) is 10.1. The highest BCUT2D eigenvalue weighted by Gasteiger charge is 2.20. The number of hydrogen-bond acceptors (Lipinski definition) is 5. The number of amides is 1. The summed E-state index contributed by atoms with van der Waals surface area (Å²) in [6.45, 7) is -0.0414. The number of rotatable bonds is 9. The number of aliphatic hydroxyl groups excluding tert-OH is 1. The Bertz CT molecular complexity index is 598. The average Bonchev–Trinajstić information content (AvgIpc) is 3.17. The van der Waals surface area contributed by atoms with Crippen LogP contribution in [0.5, 0.6) is 17.2 Å². The van der Waals surface area contributed by atoms with Crippen LogP contribution >= 0.6 is 0 Å². The monoisotopic (exact) mass is 363 g/mol. The molecule has 1 fully saturated rings. The molecule has 6 nitrogen and oxygen atoms in total. The molecule has 0 aromatic heterocycles. The highest BCUT2D eigenvalue weighted by Crippen LogP contribution is 2.38. The second-order valence-electron chi connectivity index (χ2n) is 6.57. The summed E-state index contributed by atoms with van der Waals surface area (Å²) < 4.78 is 15.9. The molecule has 1 aliphatic rings. The van der Waals surface area contributed by atoms with E-state index in [9.17, 15) is 9.90 Å². The number of benzene rings is 1.